The fourth-order valence-corrected chi connectivity index (χ4v) is 6.79. The number of hydrogen-bond acceptors (Lipinski definition) is 8. The molecule has 1 aliphatic carbocycles. The first-order valence-electron chi connectivity index (χ1n) is 9.88. The average molecular weight is 493 g/mol. The number of carbonyl (C=O) groups is 3. The summed E-state index contributed by atoms with van der Waals surface area (Å²) in [4.78, 5) is 42.0. The van der Waals surface area contributed by atoms with Crippen molar-refractivity contribution in [2.45, 2.75) is 32.6 Å². The Labute approximate surface area is 197 Å². The quantitative estimate of drug-likeness (QED) is 0.358. The summed E-state index contributed by atoms with van der Waals surface area (Å²) in [6.07, 6.45) is 5.56. The third-order valence-corrected chi connectivity index (χ3v) is 8.30. The first kappa shape index (κ1) is 22.2. The Balaban J connectivity index is 1.50. The smallest absolute Gasteiger partial charge is 0.341 e. The molecule has 2 amide bonds. The highest BCUT2D eigenvalue weighted by atomic mass is 32.2. The van der Waals surface area contributed by atoms with Crippen LogP contribution in [0.5, 0.6) is 0 Å². The molecule has 0 saturated carbocycles. The normalized spacial score (nSPS) is 17.2. The van der Waals surface area contributed by atoms with E-state index in [0.717, 1.165) is 41.0 Å². The van der Waals surface area contributed by atoms with Gasteiger partial charge in [-0.3, -0.25) is 14.5 Å². The molecular weight excluding hydrogens is 473 g/mol. The fourth-order valence-electron chi connectivity index (χ4n) is 3.52. The molecule has 4 rings (SSSR count). The van der Waals surface area contributed by atoms with Gasteiger partial charge in [-0.05, 0) is 55.7 Å². The van der Waals surface area contributed by atoms with Gasteiger partial charge in [0.15, 0.2) is 0 Å². The first-order valence-corrected chi connectivity index (χ1v) is 12.8. The Bertz CT molecular complexity index is 1070. The van der Waals surface area contributed by atoms with Gasteiger partial charge in [-0.25, -0.2) is 4.79 Å². The molecule has 1 saturated heterocycles. The van der Waals surface area contributed by atoms with Crippen LogP contribution in [0.15, 0.2) is 22.4 Å². The number of esters is 1. The van der Waals surface area contributed by atoms with Crippen LogP contribution in [0, 0.1) is 0 Å². The lowest BCUT2D eigenvalue weighted by molar-refractivity contribution is -0.126. The molecule has 3 heterocycles. The molecule has 2 aromatic heterocycles. The molecule has 0 atom stereocenters. The second-order valence-electron chi connectivity index (χ2n) is 6.97. The van der Waals surface area contributed by atoms with Gasteiger partial charge in [0, 0.05) is 9.75 Å². The van der Waals surface area contributed by atoms with Crippen molar-refractivity contribution < 1.29 is 19.1 Å². The lowest BCUT2D eigenvalue weighted by Crippen LogP contribution is -2.36. The van der Waals surface area contributed by atoms with Crippen LogP contribution in [0.4, 0.5) is 5.00 Å². The van der Waals surface area contributed by atoms with E-state index in [4.69, 9.17) is 17.0 Å². The third-order valence-electron chi connectivity index (χ3n) is 4.90. The Morgan fingerprint density at radius 2 is 2.13 bits per heavy atom. The van der Waals surface area contributed by atoms with E-state index in [-0.39, 0.29) is 19.1 Å². The van der Waals surface area contributed by atoms with Gasteiger partial charge in [0.1, 0.15) is 15.9 Å². The minimum absolute atomic E-state index is 0.197. The monoisotopic (exact) mass is 492 g/mol. The van der Waals surface area contributed by atoms with Crippen LogP contribution in [0.2, 0.25) is 0 Å². The zero-order valence-corrected chi connectivity index (χ0v) is 20.0. The van der Waals surface area contributed by atoms with Crippen LogP contribution < -0.4 is 5.32 Å². The van der Waals surface area contributed by atoms with E-state index in [0.29, 0.717) is 19.8 Å². The number of nitrogens with one attached hydrogen (secondary N) is 1. The third kappa shape index (κ3) is 4.77. The molecule has 162 valence electrons. The molecule has 6 nitrogen and oxygen atoms in total. The van der Waals surface area contributed by atoms with E-state index >= 15 is 0 Å². The summed E-state index contributed by atoms with van der Waals surface area (Å²) in [5.41, 5.74) is 1.44. The van der Waals surface area contributed by atoms with Gasteiger partial charge >= 0.3 is 5.97 Å². The molecule has 1 N–H and O–H groups in total. The number of thiophene rings is 2. The number of ether oxygens (including phenoxy) is 1. The van der Waals surface area contributed by atoms with Crippen molar-refractivity contribution >= 4 is 79.8 Å². The van der Waals surface area contributed by atoms with Crippen molar-refractivity contribution in [3.8, 4) is 0 Å². The molecule has 1 aliphatic heterocycles. The molecule has 31 heavy (non-hydrogen) atoms. The number of thiocarbonyl (C=S) groups is 1. The van der Waals surface area contributed by atoms with Gasteiger partial charge in [0.05, 0.1) is 17.1 Å². The summed E-state index contributed by atoms with van der Waals surface area (Å²) in [5, 5.41) is 5.26. The van der Waals surface area contributed by atoms with Crippen molar-refractivity contribution in [1.29, 1.82) is 0 Å². The van der Waals surface area contributed by atoms with E-state index in [1.165, 1.54) is 39.3 Å². The Kier molecular flexibility index (Phi) is 6.90. The molecular formula is C21H20N2O4S4. The highest BCUT2D eigenvalue weighted by Gasteiger charge is 2.34. The van der Waals surface area contributed by atoms with Crippen LogP contribution in [-0.4, -0.2) is 40.2 Å². The van der Waals surface area contributed by atoms with E-state index < -0.39 is 11.9 Å². The van der Waals surface area contributed by atoms with Crippen LogP contribution in [0.3, 0.4) is 0 Å². The Morgan fingerprint density at radius 3 is 2.87 bits per heavy atom. The molecule has 10 heteroatoms. The van der Waals surface area contributed by atoms with Crippen LogP contribution >= 0.6 is 46.7 Å². The maximum atomic E-state index is 12.8. The summed E-state index contributed by atoms with van der Waals surface area (Å²) < 4.78 is 5.57. The molecule has 1 fully saturated rings. The van der Waals surface area contributed by atoms with Crippen LogP contribution in [0.25, 0.3) is 6.08 Å². The highest BCUT2D eigenvalue weighted by molar-refractivity contribution is 8.26. The molecule has 0 unspecified atom stereocenters. The number of carbonyl (C=O) groups excluding carboxylic acids is 3. The van der Waals surface area contributed by atoms with Crippen molar-refractivity contribution in [2.24, 2.45) is 0 Å². The summed E-state index contributed by atoms with van der Waals surface area (Å²) >= 11 is 9.46. The largest absolute Gasteiger partial charge is 0.462 e. The molecule has 2 aliphatic rings. The highest BCUT2D eigenvalue weighted by Crippen LogP contribution is 2.39. The minimum atomic E-state index is -0.415. The SMILES string of the molecule is CCOC(=O)c1c(NC(=O)CN2C(=O)/C(=C\c3cccs3)SC2=S)sc2c1CCCC2. The minimum Gasteiger partial charge on any atom is -0.462 e. The lowest BCUT2D eigenvalue weighted by atomic mass is 9.95. The van der Waals surface area contributed by atoms with Crippen LogP contribution in [0.1, 0.15) is 45.4 Å². The topological polar surface area (TPSA) is 75.7 Å². The molecule has 2 aromatic rings. The summed E-state index contributed by atoms with van der Waals surface area (Å²) in [7, 11) is 0. The predicted octanol–water partition coefficient (Wildman–Crippen LogP) is 4.71. The lowest BCUT2D eigenvalue weighted by Gasteiger charge is -2.14. The van der Waals surface area contributed by atoms with Crippen molar-refractivity contribution in [3.05, 3.63) is 43.3 Å². The van der Waals surface area contributed by atoms with Crippen molar-refractivity contribution in [1.82, 2.24) is 4.90 Å². The molecule has 0 spiro atoms. The van der Waals surface area contributed by atoms with E-state index in [1.807, 2.05) is 17.5 Å². The molecule has 0 radical (unpaired) electrons. The van der Waals surface area contributed by atoms with Gasteiger partial charge in [-0.1, -0.05) is 30.0 Å². The number of rotatable bonds is 6. The van der Waals surface area contributed by atoms with E-state index in [1.54, 1.807) is 13.0 Å². The average Bonchev–Trinajstić information content (AvgIpc) is 3.43. The second-order valence-corrected chi connectivity index (χ2v) is 10.7. The molecule has 0 aromatic carbocycles. The van der Waals surface area contributed by atoms with Gasteiger partial charge < -0.3 is 10.1 Å². The zero-order chi connectivity index (χ0) is 22.0. The number of nitrogens with zero attached hydrogens (tertiary/aromatic N) is 1. The summed E-state index contributed by atoms with van der Waals surface area (Å²) in [6.45, 7) is 1.83. The maximum absolute atomic E-state index is 12.8. The zero-order valence-electron chi connectivity index (χ0n) is 16.8. The number of amides is 2. The first-order chi connectivity index (χ1) is 15.0. The van der Waals surface area contributed by atoms with Gasteiger partial charge in [0.2, 0.25) is 5.91 Å². The number of aryl methyl sites for hydroxylation is 1. The van der Waals surface area contributed by atoms with E-state index in [2.05, 4.69) is 5.32 Å². The Hall–Kier alpha value is -2.01. The fraction of sp³-hybridized carbons (Fsp3) is 0.333. The standard InChI is InChI=1S/C21H20N2O4S4/c1-2-27-20(26)17-13-7-3-4-8-14(13)30-18(17)22-16(24)11-23-19(25)15(31-21(23)28)10-12-6-5-9-29-12/h5-6,9-10H,2-4,7-8,11H2,1H3,(H,22,24)/b15-10+. The van der Waals surface area contributed by atoms with Gasteiger partial charge in [-0.2, -0.15) is 0 Å². The summed E-state index contributed by atoms with van der Waals surface area (Å²) in [6, 6.07) is 3.83. The number of anilines is 1. The van der Waals surface area contributed by atoms with Crippen molar-refractivity contribution in [3.63, 3.8) is 0 Å². The van der Waals surface area contributed by atoms with Gasteiger partial charge in [0.25, 0.3) is 5.91 Å². The summed E-state index contributed by atoms with van der Waals surface area (Å²) in [5.74, 6) is -1.09. The predicted molar refractivity (Wildman–Crippen MR) is 130 cm³/mol. The molecule has 0 bridgehead atoms. The number of hydrogen-bond donors (Lipinski definition) is 1. The number of fused-ring (bicyclic) bond motifs is 1. The van der Waals surface area contributed by atoms with E-state index in [9.17, 15) is 14.4 Å². The van der Waals surface area contributed by atoms with Gasteiger partial charge in [-0.15, -0.1) is 22.7 Å². The van der Waals surface area contributed by atoms with Crippen LogP contribution in [-0.2, 0) is 27.2 Å². The Morgan fingerprint density at radius 1 is 1.32 bits per heavy atom. The number of thioether (sulfide) groups is 1. The second kappa shape index (κ2) is 9.64. The maximum Gasteiger partial charge on any atom is 0.341 e. The van der Waals surface area contributed by atoms with Crippen molar-refractivity contribution in [2.75, 3.05) is 18.5 Å².